The van der Waals surface area contributed by atoms with Crippen LogP contribution in [0.5, 0.6) is 5.75 Å². The van der Waals surface area contributed by atoms with Gasteiger partial charge in [-0.25, -0.2) is 5.43 Å². The first-order valence-electron chi connectivity index (χ1n) is 9.60. The number of phenols is 1. The molecule has 9 heteroatoms. The number of carbonyl (C=O) groups is 1. The molecule has 0 spiro atoms. The number of halogens is 1. The van der Waals surface area contributed by atoms with Gasteiger partial charge in [-0.1, -0.05) is 70.2 Å². The second-order valence-corrected chi connectivity index (χ2v) is 8.52. The number of hydrogen-bond acceptors (Lipinski definition) is 6. The number of phenolic OH excluding ortho intramolecular Hbond substituents is 1. The Balaban J connectivity index is 1.50. The SMILES string of the molecule is O=C(CSc1nnc(-c2cccc(Br)c2)n1-c1ccccc1)NN=Cc1cccc(O)c1. The maximum atomic E-state index is 12.3. The first-order chi connectivity index (χ1) is 15.6. The van der Waals surface area contributed by atoms with E-state index in [1.807, 2.05) is 59.2 Å². The van der Waals surface area contributed by atoms with Crippen molar-refractivity contribution in [3.8, 4) is 22.8 Å². The Morgan fingerprint density at radius 3 is 2.66 bits per heavy atom. The maximum Gasteiger partial charge on any atom is 0.250 e. The molecule has 160 valence electrons. The molecule has 0 unspecified atom stereocenters. The van der Waals surface area contributed by atoms with Crippen molar-refractivity contribution >= 4 is 39.8 Å². The van der Waals surface area contributed by atoms with Gasteiger partial charge in [0.05, 0.1) is 12.0 Å². The highest BCUT2D eigenvalue weighted by Gasteiger charge is 2.17. The van der Waals surface area contributed by atoms with E-state index in [9.17, 15) is 9.90 Å². The van der Waals surface area contributed by atoms with E-state index in [0.717, 1.165) is 15.7 Å². The van der Waals surface area contributed by atoms with Crippen molar-refractivity contribution in [2.75, 3.05) is 5.75 Å². The van der Waals surface area contributed by atoms with Crippen LogP contribution in [0, 0.1) is 0 Å². The van der Waals surface area contributed by atoms with Gasteiger partial charge in [0.15, 0.2) is 11.0 Å². The molecule has 2 N–H and O–H groups in total. The van der Waals surface area contributed by atoms with Gasteiger partial charge in [-0.3, -0.25) is 9.36 Å². The minimum Gasteiger partial charge on any atom is -0.508 e. The van der Waals surface area contributed by atoms with Gasteiger partial charge in [0.1, 0.15) is 5.75 Å². The zero-order chi connectivity index (χ0) is 22.3. The summed E-state index contributed by atoms with van der Waals surface area (Å²) in [6, 6.07) is 24.2. The van der Waals surface area contributed by atoms with Crippen LogP contribution < -0.4 is 5.43 Å². The lowest BCUT2D eigenvalue weighted by molar-refractivity contribution is -0.118. The summed E-state index contributed by atoms with van der Waals surface area (Å²) in [6.45, 7) is 0. The first-order valence-corrected chi connectivity index (χ1v) is 11.4. The number of amides is 1. The van der Waals surface area contributed by atoms with E-state index >= 15 is 0 Å². The van der Waals surface area contributed by atoms with Gasteiger partial charge < -0.3 is 5.11 Å². The van der Waals surface area contributed by atoms with Crippen LogP contribution in [0.1, 0.15) is 5.56 Å². The average Bonchev–Trinajstić information content (AvgIpc) is 3.22. The lowest BCUT2D eigenvalue weighted by atomic mass is 10.2. The summed E-state index contributed by atoms with van der Waals surface area (Å²) in [6.07, 6.45) is 1.47. The lowest BCUT2D eigenvalue weighted by Gasteiger charge is -2.10. The van der Waals surface area contributed by atoms with Crippen molar-refractivity contribution in [2.45, 2.75) is 5.16 Å². The lowest BCUT2D eigenvalue weighted by Crippen LogP contribution is -2.20. The number of hydrogen-bond donors (Lipinski definition) is 2. The van der Waals surface area contributed by atoms with E-state index in [1.165, 1.54) is 18.0 Å². The van der Waals surface area contributed by atoms with E-state index in [0.29, 0.717) is 16.5 Å². The highest BCUT2D eigenvalue weighted by Crippen LogP contribution is 2.29. The fourth-order valence-electron chi connectivity index (χ4n) is 2.93. The molecule has 0 aliphatic heterocycles. The van der Waals surface area contributed by atoms with Gasteiger partial charge in [0.25, 0.3) is 5.91 Å². The second kappa shape index (κ2) is 10.3. The molecule has 32 heavy (non-hydrogen) atoms. The number of thioether (sulfide) groups is 1. The number of hydrazone groups is 1. The van der Waals surface area contributed by atoms with Gasteiger partial charge in [0.2, 0.25) is 0 Å². The molecule has 3 aromatic carbocycles. The zero-order valence-electron chi connectivity index (χ0n) is 16.7. The standard InChI is InChI=1S/C23H18BrN5O2S/c24-18-8-5-7-17(13-18)22-27-28-23(29(22)19-9-2-1-3-10-19)32-15-21(31)26-25-14-16-6-4-11-20(30)12-16/h1-14,30H,15H2,(H,26,31). The van der Waals surface area contributed by atoms with E-state index in [-0.39, 0.29) is 17.4 Å². The van der Waals surface area contributed by atoms with E-state index < -0.39 is 0 Å². The average molecular weight is 508 g/mol. The summed E-state index contributed by atoms with van der Waals surface area (Å²) in [5, 5.41) is 22.7. The predicted molar refractivity (Wildman–Crippen MR) is 129 cm³/mol. The summed E-state index contributed by atoms with van der Waals surface area (Å²) >= 11 is 4.77. The van der Waals surface area contributed by atoms with Crippen LogP contribution in [0.25, 0.3) is 17.1 Å². The van der Waals surface area contributed by atoms with Crippen molar-refractivity contribution < 1.29 is 9.90 Å². The van der Waals surface area contributed by atoms with Crippen LogP contribution >= 0.6 is 27.7 Å². The monoisotopic (exact) mass is 507 g/mol. The van der Waals surface area contributed by atoms with Gasteiger partial charge in [-0.2, -0.15) is 5.10 Å². The molecule has 1 aromatic heterocycles. The first kappa shape index (κ1) is 21.8. The Kier molecular flexibility index (Phi) is 6.98. The third-order valence-corrected chi connectivity index (χ3v) is 5.76. The zero-order valence-corrected chi connectivity index (χ0v) is 19.1. The summed E-state index contributed by atoms with van der Waals surface area (Å²) in [7, 11) is 0. The van der Waals surface area contributed by atoms with Crippen molar-refractivity contribution in [3.05, 3.63) is 88.9 Å². The molecule has 1 amide bonds. The fourth-order valence-corrected chi connectivity index (χ4v) is 4.08. The molecule has 4 rings (SSSR count). The third-order valence-electron chi connectivity index (χ3n) is 4.34. The van der Waals surface area contributed by atoms with E-state index in [2.05, 4.69) is 36.7 Å². The Labute approximate surface area is 197 Å². The quantitative estimate of drug-likeness (QED) is 0.216. The molecule has 0 aliphatic carbocycles. The number of para-hydroxylation sites is 1. The minimum atomic E-state index is -0.280. The largest absolute Gasteiger partial charge is 0.508 e. The number of carbonyl (C=O) groups excluding carboxylic acids is 1. The molecule has 7 nitrogen and oxygen atoms in total. The van der Waals surface area contributed by atoms with Crippen LogP contribution in [0.2, 0.25) is 0 Å². The molecular weight excluding hydrogens is 490 g/mol. The van der Waals surface area contributed by atoms with Crippen molar-refractivity contribution in [3.63, 3.8) is 0 Å². The van der Waals surface area contributed by atoms with Gasteiger partial charge in [0, 0.05) is 15.7 Å². The molecule has 4 aromatic rings. The van der Waals surface area contributed by atoms with Crippen molar-refractivity contribution in [1.82, 2.24) is 20.2 Å². The van der Waals surface area contributed by atoms with E-state index in [4.69, 9.17) is 0 Å². The summed E-state index contributed by atoms with van der Waals surface area (Å²) in [5.74, 6) is 0.651. The summed E-state index contributed by atoms with van der Waals surface area (Å²) < 4.78 is 2.87. The molecular formula is C23H18BrN5O2S. The fraction of sp³-hybridized carbons (Fsp3) is 0.0435. The number of rotatable bonds is 7. The Hall–Kier alpha value is -3.43. The molecule has 0 saturated carbocycles. The Bertz CT molecular complexity index is 1260. The number of aromatic nitrogens is 3. The topological polar surface area (TPSA) is 92.4 Å². The molecule has 0 bridgehead atoms. The van der Waals surface area contributed by atoms with Gasteiger partial charge in [-0.15, -0.1) is 10.2 Å². The Morgan fingerprint density at radius 1 is 1.06 bits per heavy atom. The van der Waals surface area contributed by atoms with Crippen molar-refractivity contribution in [2.24, 2.45) is 5.10 Å². The predicted octanol–water partition coefficient (Wildman–Crippen LogP) is 4.64. The molecule has 0 saturated heterocycles. The highest BCUT2D eigenvalue weighted by atomic mass is 79.9. The highest BCUT2D eigenvalue weighted by molar-refractivity contribution is 9.10. The summed E-state index contributed by atoms with van der Waals surface area (Å²) in [4.78, 5) is 12.3. The maximum absolute atomic E-state index is 12.3. The van der Waals surface area contributed by atoms with Gasteiger partial charge >= 0.3 is 0 Å². The van der Waals surface area contributed by atoms with Crippen LogP contribution in [-0.4, -0.2) is 37.7 Å². The summed E-state index contributed by atoms with van der Waals surface area (Å²) in [5.41, 5.74) is 4.98. The molecule has 0 aliphatic rings. The van der Waals surface area contributed by atoms with Crippen molar-refractivity contribution in [1.29, 1.82) is 0 Å². The smallest absolute Gasteiger partial charge is 0.250 e. The number of nitrogens with one attached hydrogen (secondary N) is 1. The van der Waals surface area contributed by atoms with Crippen LogP contribution in [0.3, 0.4) is 0 Å². The number of aromatic hydroxyl groups is 1. The van der Waals surface area contributed by atoms with Gasteiger partial charge in [-0.05, 0) is 42.0 Å². The molecule has 0 fully saturated rings. The minimum absolute atomic E-state index is 0.112. The molecule has 1 heterocycles. The third kappa shape index (κ3) is 5.43. The van der Waals surface area contributed by atoms with Crippen LogP contribution in [-0.2, 0) is 4.79 Å². The molecule has 0 atom stereocenters. The second-order valence-electron chi connectivity index (χ2n) is 6.66. The molecule has 0 radical (unpaired) electrons. The number of nitrogens with zero attached hydrogens (tertiary/aromatic N) is 4. The van der Waals surface area contributed by atoms with Crippen LogP contribution in [0.15, 0.2) is 93.6 Å². The normalized spacial score (nSPS) is 11.0. The number of benzene rings is 3. The van der Waals surface area contributed by atoms with Crippen LogP contribution in [0.4, 0.5) is 0 Å². The van der Waals surface area contributed by atoms with E-state index in [1.54, 1.807) is 24.3 Å². The Morgan fingerprint density at radius 2 is 1.88 bits per heavy atom.